The predicted molar refractivity (Wildman–Crippen MR) is 109 cm³/mol. The first-order valence-corrected chi connectivity index (χ1v) is 9.96. The van der Waals surface area contributed by atoms with Gasteiger partial charge < -0.3 is 24.2 Å². The summed E-state index contributed by atoms with van der Waals surface area (Å²) < 4.78 is 16.2. The van der Waals surface area contributed by atoms with E-state index in [-0.39, 0.29) is 30.5 Å². The standard InChI is InChI=1S/C22H33NO6/c1-14-7-8-16(9-15(2)20(25)27-6)10-18(14)28-19(13-24)17-11-23(12-17)21(26)29-22(3,4)5/h7-8,10,15,17,19,24H,9,11-13H2,1-6H3. The Bertz CT molecular complexity index is 721. The van der Waals surface area contributed by atoms with Gasteiger partial charge in [-0.2, -0.15) is 0 Å². The molecule has 1 fully saturated rings. The number of nitrogens with zero attached hydrogens (tertiary/aromatic N) is 1. The third-order valence-electron chi connectivity index (χ3n) is 4.94. The van der Waals surface area contributed by atoms with Gasteiger partial charge in [0, 0.05) is 19.0 Å². The number of ether oxygens (including phenoxy) is 3. The van der Waals surface area contributed by atoms with E-state index in [4.69, 9.17) is 14.2 Å². The maximum Gasteiger partial charge on any atom is 0.410 e. The Kier molecular flexibility index (Phi) is 7.52. The SMILES string of the molecule is COC(=O)C(C)Cc1ccc(C)c(OC(CO)C2CN(C(=O)OC(C)(C)C)C2)c1. The normalized spacial score (nSPS) is 16.6. The first-order valence-electron chi connectivity index (χ1n) is 9.96. The molecule has 2 unspecified atom stereocenters. The molecule has 0 saturated carbocycles. The Morgan fingerprint density at radius 2 is 1.93 bits per heavy atom. The zero-order valence-corrected chi connectivity index (χ0v) is 18.2. The molecule has 1 N–H and O–H groups in total. The monoisotopic (exact) mass is 407 g/mol. The van der Waals surface area contributed by atoms with Crippen molar-refractivity contribution in [1.82, 2.24) is 4.90 Å². The molecule has 0 bridgehead atoms. The minimum atomic E-state index is -0.534. The number of methoxy groups -OCH3 is 1. The van der Waals surface area contributed by atoms with Crippen molar-refractivity contribution >= 4 is 12.1 Å². The molecular formula is C22H33NO6. The van der Waals surface area contributed by atoms with Crippen LogP contribution < -0.4 is 4.74 Å². The number of amides is 1. The molecule has 1 heterocycles. The van der Waals surface area contributed by atoms with Crippen LogP contribution in [0, 0.1) is 18.8 Å². The molecule has 7 heteroatoms. The Balaban J connectivity index is 1.98. The Hall–Kier alpha value is -2.28. The number of aryl methyl sites for hydroxylation is 1. The number of aliphatic hydroxyl groups is 1. The van der Waals surface area contributed by atoms with Gasteiger partial charge in [0.25, 0.3) is 0 Å². The fraction of sp³-hybridized carbons (Fsp3) is 0.636. The number of hydrogen-bond acceptors (Lipinski definition) is 6. The summed E-state index contributed by atoms with van der Waals surface area (Å²) in [5.41, 5.74) is 1.37. The summed E-state index contributed by atoms with van der Waals surface area (Å²) in [7, 11) is 1.38. The van der Waals surface area contributed by atoms with Crippen LogP contribution in [0.1, 0.15) is 38.8 Å². The van der Waals surface area contributed by atoms with Gasteiger partial charge in [-0.3, -0.25) is 4.79 Å². The van der Waals surface area contributed by atoms with Crippen LogP contribution in [0.2, 0.25) is 0 Å². The van der Waals surface area contributed by atoms with Gasteiger partial charge in [0.05, 0.1) is 19.6 Å². The molecule has 0 spiro atoms. The quantitative estimate of drug-likeness (QED) is 0.700. The van der Waals surface area contributed by atoms with Crippen LogP contribution >= 0.6 is 0 Å². The molecule has 0 radical (unpaired) electrons. The van der Waals surface area contributed by atoms with Crippen molar-refractivity contribution in [2.24, 2.45) is 11.8 Å². The van der Waals surface area contributed by atoms with Crippen molar-refractivity contribution in [2.45, 2.75) is 52.7 Å². The van der Waals surface area contributed by atoms with Gasteiger partial charge in [0.15, 0.2) is 0 Å². The van der Waals surface area contributed by atoms with Gasteiger partial charge in [-0.05, 0) is 51.3 Å². The second-order valence-corrected chi connectivity index (χ2v) is 8.71. The third kappa shape index (κ3) is 6.35. The molecule has 1 aromatic rings. The van der Waals surface area contributed by atoms with E-state index in [1.807, 2.05) is 52.8 Å². The fourth-order valence-electron chi connectivity index (χ4n) is 3.21. The number of likely N-dealkylation sites (tertiary alicyclic amines) is 1. The van der Waals surface area contributed by atoms with Gasteiger partial charge in [-0.25, -0.2) is 4.79 Å². The number of carbonyl (C=O) groups is 2. The Morgan fingerprint density at radius 3 is 2.48 bits per heavy atom. The lowest BCUT2D eigenvalue weighted by molar-refractivity contribution is -0.144. The van der Waals surface area contributed by atoms with E-state index in [0.717, 1.165) is 11.1 Å². The summed E-state index contributed by atoms with van der Waals surface area (Å²) in [5.74, 6) is 0.204. The highest BCUT2D eigenvalue weighted by atomic mass is 16.6. The topological polar surface area (TPSA) is 85.3 Å². The maximum absolute atomic E-state index is 12.1. The molecule has 29 heavy (non-hydrogen) atoms. The molecule has 1 saturated heterocycles. The Labute approximate surface area is 172 Å². The molecule has 1 amide bonds. The second-order valence-electron chi connectivity index (χ2n) is 8.71. The summed E-state index contributed by atoms with van der Waals surface area (Å²) in [5, 5.41) is 9.82. The van der Waals surface area contributed by atoms with E-state index in [1.165, 1.54) is 7.11 Å². The number of esters is 1. The van der Waals surface area contributed by atoms with Crippen molar-refractivity contribution in [3.63, 3.8) is 0 Å². The van der Waals surface area contributed by atoms with E-state index in [9.17, 15) is 14.7 Å². The molecule has 7 nitrogen and oxygen atoms in total. The zero-order chi connectivity index (χ0) is 21.8. The van der Waals surface area contributed by atoms with Crippen LogP contribution in [-0.2, 0) is 20.7 Å². The molecule has 1 aromatic carbocycles. The fourth-order valence-corrected chi connectivity index (χ4v) is 3.21. The summed E-state index contributed by atoms with van der Waals surface area (Å²) in [6.45, 7) is 10.1. The van der Waals surface area contributed by atoms with E-state index in [0.29, 0.717) is 25.3 Å². The van der Waals surface area contributed by atoms with Gasteiger partial charge in [-0.1, -0.05) is 19.1 Å². The van der Waals surface area contributed by atoms with Crippen LogP contribution in [0.25, 0.3) is 0 Å². The average molecular weight is 408 g/mol. The largest absolute Gasteiger partial charge is 0.487 e. The first-order chi connectivity index (χ1) is 13.5. The van der Waals surface area contributed by atoms with E-state index in [1.54, 1.807) is 4.90 Å². The average Bonchev–Trinajstić information content (AvgIpc) is 2.59. The number of benzene rings is 1. The lowest BCUT2D eigenvalue weighted by Gasteiger charge is -2.42. The van der Waals surface area contributed by atoms with E-state index >= 15 is 0 Å². The molecule has 2 atom stereocenters. The first kappa shape index (κ1) is 23.0. The van der Waals surface area contributed by atoms with Gasteiger partial charge in [-0.15, -0.1) is 0 Å². The van der Waals surface area contributed by atoms with Crippen molar-refractivity contribution in [2.75, 3.05) is 26.8 Å². The van der Waals surface area contributed by atoms with Crippen molar-refractivity contribution in [3.8, 4) is 5.75 Å². The third-order valence-corrected chi connectivity index (χ3v) is 4.94. The molecule has 2 rings (SSSR count). The lowest BCUT2D eigenvalue weighted by atomic mass is 9.94. The second kappa shape index (κ2) is 9.48. The smallest absolute Gasteiger partial charge is 0.410 e. The number of carbonyl (C=O) groups excluding carboxylic acids is 2. The molecule has 0 aliphatic carbocycles. The summed E-state index contributed by atoms with van der Waals surface area (Å²) in [6, 6.07) is 5.81. The van der Waals surface area contributed by atoms with Gasteiger partial charge >= 0.3 is 12.1 Å². The number of aliphatic hydroxyl groups excluding tert-OH is 1. The van der Waals surface area contributed by atoms with Crippen molar-refractivity contribution in [3.05, 3.63) is 29.3 Å². The van der Waals surface area contributed by atoms with Crippen LogP contribution in [0.15, 0.2) is 18.2 Å². The molecule has 1 aliphatic heterocycles. The highest BCUT2D eigenvalue weighted by Gasteiger charge is 2.39. The highest BCUT2D eigenvalue weighted by molar-refractivity contribution is 5.72. The predicted octanol–water partition coefficient (Wildman–Crippen LogP) is 2.95. The van der Waals surface area contributed by atoms with Crippen LogP contribution in [0.3, 0.4) is 0 Å². The summed E-state index contributed by atoms with van der Waals surface area (Å²) in [4.78, 5) is 25.4. The number of rotatable bonds is 7. The van der Waals surface area contributed by atoms with Crippen LogP contribution in [0.4, 0.5) is 4.79 Å². The maximum atomic E-state index is 12.1. The molecular weight excluding hydrogens is 374 g/mol. The minimum absolute atomic E-state index is 0.0320. The minimum Gasteiger partial charge on any atom is -0.487 e. The molecule has 162 valence electrons. The zero-order valence-electron chi connectivity index (χ0n) is 18.2. The van der Waals surface area contributed by atoms with E-state index < -0.39 is 11.7 Å². The molecule has 0 aromatic heterocycles. The van der Waals surface area contributed by atoms with E-state index in [2.05, 4.69) is 0 Å². The van der Waals surface area contributed by atoms with Crippen LogP contribution in [0.5, 0.6) is 5.75 Å². The van der Waals surface area contributed by atoms with Crippen molar-refractivity contribution in [1.29, 1.82) is 0 Å². The lowest BCUT2D eigenvalue weighted by Crippen LogP contribution is -2.57. The Morgan fingerprint density at radius 1 is 1.28 bits per heavy atom. The summed E-state index contributed by atoms with van der Waals surface area (Å²) >= 11 is 0. The van der Waals surface area contributed by atoms with Gasteiger partial charge in [0.2, 0.25) is 0 Å². The van der Waals surface area contributed by atoms with Crippen LogP contribution in [-0.4, -0.2) is 60.6 Å². The summed E-state index contributed by atoms with van der Waals surface area (Å²) in [6.07, 6.45) is -0.218. The van der Waals surface area contributed by atoms with Gasteiger partial charge in [0.1, 0.15) is 17.5 Å². The highest BCUT2D eigenvalue weighted by Crippen LogP contribution is 2.28. The van der Waals surface area contributed by atoms with Crippen molar-refractivity contribution < 1.29 is 28.9 Å². The molecule has 1 aliphatic rings. The number of hydrogen-bond donors (Lipinski definition) is 1.